The highest BCUT2D eigenvalue weighted by molar-refractivity contribution is 6.22. The molecule has 1 aliphatic carbocycles. The van der Waals surface area contributed by atoms with Gasteiger partial charge >= 0.3 is 12.4 Å². The number of methoxy groups -OCH3 is 1. The standard InChI is InChI=1S/C35H39F6NO6/c1-5-6-20(11-21-9-18(2)31(45)19(3)10-21)7-8-28(44)29-22(17-48-4)12-26-30(27(29)16-43)33(47)42(32(26)46)25-14-23(34(36,37)38)13-24(15-25)35(39,40)41/h9-11,13-15,26-28,30,43-45H,5-8,12,16-17H2,1-4H3/b20-11+/t26-,27+,28-,30-/m1/s1. The van der Waals surface area contributed by atoms with E-state index in [4.69, 9.17) is 4.74 Å². The van der Waals surface area contributed by atoms with Gasteiger partial charge in [0.05, 0.1) is 48.0 Å². The van der Waals surface area contributed by atoms with Gasteiger partial charge < -0.3 is 20.1 Å². The summed E-state index contributed by atoms with van der Waals surface area (Å²) in [6.45, 7) is 4.77. The average molecular weight is 684 g/mol. The lowest BCUT2D eigenvalue weighted by atomic mass is 9.68. The van der Waals surface area contributed by atoms with Crippen LogP contribution >= 0.6 is 0 Å². The number of anilines is 1. The van der Waals surface area contributed by atoms with Gasteiger partial charge in [-0.25, -0.2) is 4.90 Å². The van der Waals surface area contributed by atoms with E-state index in [-0.39, 0.29) is 36.8 Å². The number of alkyl halides is 6. The van der Waals surface area contributed by atoms with Crippen LogP contribution in [0.1, 0.15) is 66.8 Å². The van der Waals surface area contributed by atoms with Crippen LogP contribution in [0.15, 0.2) is 47.1 Å². The number of hydrogen-bond donors (Lipinski definition) is 3. The third-order valence-corrected chi connectivity index (χ3v) is 9.08. The summed E-state index contributed by atoms with van der Waals surface area (Å²) in [7, 11) is 1.37. The zero-order chi connectivity index (χ0) is 35.7. The molecule has 2 aliphatic rings. The fourth-order valence-electron chi connectivity index (χ4n) is 6.96. The second-order valence-electron chi connectivity index (χ2n) is 12.5. The van der Waals surface area contributed by atoms with E-state index in [1.54, 1.807) is 13.8 Å². The van der Waals surface area contributed by atoms with Crippen molar-refractivity contribution in [3.63, 3.8) is 0 Å². The maximum atomic E-state index is 13.8. The number of halogens is 6. The number of rotatable bonds is 11. The number of imide groups is 1. The molecule has 13 heteroatoms. The Morgan fingerprint density at radius 1 is 0.979 bits per heavy atom. The van der Waals surface area contributed by atoms with Crippen LogP contribution in [0, 0.1) is 31.6 Å². The molecular weight excluding hydrogens is 644 g/mol. The van der Waals surface area contributed by atoms with E-state index in [1.165, 1.54) is 7.11 Å². The molecule has 0 saturated carbocycles. The number of allylic oxidation sites excluding steroid dienone is 1. The lowest BCUT2D eigenvalue weighted by molar-refractivity contribution is -0.143. The Hall–Kier alpha value is -3.68. The number of nitrogens with zero attached hydrogens (tertiary/aromatic N) is 1. The first-order valence-electron chi connectivity index (χ1n) is 15.6. The quantitative estimate of drug-likeness (QED) is 0.132. The van der Waals surface area contributed by atoms with E-state index in [9.17, 15) is 51.3 Å². The van der Waals surface area contributed by atoms with Crippen molar-refractivity contribution in [2.75, 3.05) is 25.2 Å². The molecule has 48 heavy (non-hydrogen) atoms. The fraction of sp³-hybridized carbons (Fsp3) is 0.486. The van der Waals surface area contributed by atoms with Gasteiger partial charge in [0.25, 0.3) is 0 Å². The number of phenolic OH excluding ortho intramolecular Hbond substituents is 1. The van der Waals surface area contributed by atoms with Gasteiger partial charge in [0.15, 0.2) is 0 Å². The van der Waals surface area contributed by atoms with Gasteiger partial charge in [-0.2, -0.15) is 26.3 Å². The number of aliphatic hydroxyl groups is 2. The van der Waals surface area contributed by atoms with Crippen LogP contribution in [0.25, 0.3) is 6.08 Å². The molecule has 4 rings (SSSR count). The highest BCUT2D eigenvalue weighted by Crippen LogP contribution is 2.48. The Labute approximate surface area is 274 Å². The summed E-state index contributed by atoms with van der Waals surface area (Å²) in [5, 5.41) is 32.2. The van der Waals surface area contributed by atoms with Gasteiger partial charge in [-0.1, -0.05) is 25.0 Å². The number of carbonyl (C=O) groups is 2. The number of fused-ring (bicyclic) bond motifs is 1. The monoisotopic (exact) mass is 683 g/mol. The summed E-state index contributed by atoms with van der Waals surface area (Å²) in [6.07, 6.45) is -7.70. The number of aryl methyl sites for hydroxylation is 2. The molecule has 2 aromatic carbocycles. The Kier molecular flexibility index (Phi) is 11.2. The van der Waals surface area contributed by atoms with Crippen LogP contribution in [0.5, 0.6) is 5.75 Å². The zero-order valence-corrected chi connectivity index (χ0v) is 27.0. The molecule has 262 valence electrons. The molecule has 0 bridgehead atoms. The van der Waals surface area contributed by atoms with Gasteiger partial charge in [0.2, 0.25) is 11.8 Å². The predicted molar refractivity (Wildman–Crippen MR) is 166 cm³/mol. The maximum Gasteiger partial charge on any atom is 0.416 e. The van der Waals surface area contributed by atoms with Crippen molar-refractivity contribution < 1.29 is 56.0 Å². The van der Waals surface area contributed by atoms with E-state index >= 15 is 0 Å². The smallest absolute Gasteiger partial charge is 0.416 e. The lowest BCUT2D eigenvalue weighted by Crippen LogP contribution is -2.39. The average Bonchev–Trinajstić information content (AvgIpc) is 3.25. The molecule has 0 aromatic heterocycles. The number of phenols is 1. The van der Waals surface area contributed by atoms with Crippen LogP contribution in [-0.4, -0.2) is 53.6 Å². The minimum absolute atomic E-state index is 0.0842. The highest BCUT2D eigenvalue weighted by Gasteiger charge is 2.55. The third kappa shape index (κ3) is 7.63. The Balaban J connectivity index is 1.68. The van der Waals surface area contributed by atoms with Crippen molar-refractivity contribution in [2.24, 2.45) is 17.8 Å². The van der Waals surface area contributed by atoms with Crippen LogP contribution in [0.3, 0.4) is 0 Å². The number of ether oxygens (including phenoxy) is 1. The van der Waals surface area contributed by atoms with Gasteiger partial charge in [0, 0.05) is 13.0 Å². The summed E-state index contributed by atoms with van der Waals surface area (Å²) in [5.41, 5.74) is -0.247. The van der Waals surface area contributed by atoms with Crippen LogP contribution in [0.2, 0.25) is 0 Å². The molecule has 1 fully saturated rings. The minimum atomic E-state index is -5.20. The second-order valence-corrected chi connectivity index (χ2v) is 12.5. The summed E-state index contributed by atoms with van der Waals surface area (Å²) in [5.74, 6) is -5.51. The normalized spacial score (nSPS) is 21.3. The first kappa shape index (κ1) is 37.1. The summed E-state index contributed by atoms with van der Waals surface area (Å²) in [6, 6.07) is 4.25. The molecule has 3 N–H and O–H groups in total. The van der Waals surface area contributed by atoms with Gasteiger partial charge in [0.1, 0.15) is 5.75 Å². The van der Waals surface area contributed by atoms with E-state index in [0.717, 1.165) is 17.6 Å². The lowest BCUT2D eigenvalue weighted by Gasteiger charge is -2.36. The molecule has 4 atom stereocenters. The molecule has 2 amide bonds. The first-order chi connectivity index (χ1) is 22.4. The largest absolute Gasteiger partial charge is 0.507 e. The maximum absolute atomic E-state index is 13.8. The Morgan fingerprint density at radius 2 is 1.56 bits per heavy atom. The van der Waals surface area contributed by atoms with Crippen molar-refractivity contribution in [2.45, 2.75) is 71.3 Å². The number of aliphatic hydroxyl groups excluding tert-OH is 2. The molecule has 0 unspecified atom stereocenters. The van der Waals surface area contributed by atoms with Crippen LogP contribution in [0.4, 0.5) is 32.0 Å². The number of aromatic hydroxyl groups is 1. The summed E-state index contributed by atoms with van der Waals surface area (Å²) < 4.78 is 87.0. The van der Waals surface area contributed by atoms with Crippen molar-refractivity contribution >= 4 is 23.6 Å². The van der Waals surface area contributed by atoms with Gasteiger partial charge in [-0.3, -0.25) is 9.59 Å². The summed E-state index contributed by atoms with van der Waals surface area (Å²) in [4.78, 5) is 27.7. The fourth-order valence-corrected chi connectivity index (χ4v) is 6.96. The van der Waals surface area contributed by atoms with E-state index in [1.807, 2.05) is 25.1 Å². The molecule has 7 nitrogen and oxygen atoms in total. The van der Waals surface area contributed by atoms with Crippen molar-refractivity contribution in [3.05, 3.63) is 74.9 Å². The molecule has 1 saturated heterocycles. The Morgan fingerprint density at radius 3 is 2.06 bits per heavy atom. The SMILES string of the molecule is CCC/C(=C\c1cc(C)c(O)c(C)c1)CC[C@@H](O)C1=C(COC)C[C@H]2C(=O)N(c3cc(C(F)(F)F)cc(C(F)(F)F)c3)C(=O)[C@H]2[C@H]1CO. The van der Waals surface area contributed by atoms with Crippen molar-refractivity contribution in [1.29, 1.82) is 0 Å². The van der Waals surface area contributed by atoms with Crippen molar-refractivity contribution in [3.8, 4) is 5.75 Å². The first-order valence-corrected chi connectivity index (χ1v) is 15.6. The molecule has 1 heterocycles. The summed E-state index contributed by atoms with van der Waals surface area (Å²) >= 11 is 0. The van der Waals surface area contributed by atoms with Crippen LogP contribution < -0.4 is 4.90 Å². The molecule has 1 aliphatic heterocycles. The topological polar surface area (TPSA) is 107 Å². The van der Waals surface area contributed by atoms with Crippen molar-refractivity contribution in [1.82, 2.24) is 0 Å². The molecule has 0 spiro atoms. The number of carbonyl (C=O) groups excluding carboxylic acids is 2. The van der Waals surface area contributed by atoms with Gasteiger partial charge in [-0.05, 0) is 97.7 Å². The molecular formula is C35H39F6NO6. The molecule has 0 radical (unpaired) electrons. The number of benzene rings is 2. The number of hydrogen-bond acceptors (Lipinski definition) is 6. The van der Waals surface area contributed by atoms with E-state index < -0.39 is 71.4 Å². The Bertz CT molecular complexity index is 1560. The molecule has 2 aromatic rings. The zero-order valence-electron chi connectivity index (χ0n) is 27.0. The minimum Gasteiger partial charge on any atom is -0.507 e. The third-order valence-electron chi connectivity index (χ3n) is 9.08. The highest BCUT2D eigenvalue weighted by atomic mass is 19.4. The van der Waals surface area contributed by atoms with Gasteiger partial charge in [-0.15, -0.1) is 0 Å². The van der Waals surface area contributed by atoms with Crippen LogP contribution in [-0.2, 0) is 26.7 Å². The van der Waals surface area contributed by atoms with E-state index in [0.29, 0.717) is 46.6 Å². The number of amides is 2. The second kappa shape index (κ2) is 14.4. The van der Waals surface area contributed by atoms with E-state index in [2.05, 4.69) is 0 Å². The predicted octanol–water partition coefficient (Wildman–Crippen LogP) is 7.13.